The third-order valence-corrected chi connectivity index (χ3v) is 5.31. The van der Waals surface area contributed by atoms with Crippen molar-refractivity contribution in [3.8, 4) is 0 Å². The Morgan fingerprint density at radius 2 is 1.79 bits per heavy atom. The molecule has 6 nitrogen and oxygen atoms in total. The van der Waals surface area contributed by atoms with Gasteiger partial charge in [0.15, 0.2) is 0 Å². The van der Waals surface area contributed by atoms with E-state index in [9.17, 15) is 14.4 Å². The molecule has 7 heteroatoms. The normalized spacial score (nSPS) is 18.9. The van der Waals surface area contributed by atoms with Crippen LogP contribution in [0.1, 0.15) is 31.7 Å². The summed E-state index contributed by atoms with van der Waals surface area (Å²) in [5.41, 5.74) is 0.213. The third kappa shape index (κ3) is 4.09. The van der Waals surface area contributed by atoms with Gasteiger partial charge in [-0.05, 0) is 36.2 Å². The summed E-state index contributed by atoms with van der Waals surface area (Å²) in [5.74, 6) is -0.812. The molecule has 1 heterocycles. The predicted molar refractivity (Wildman–Crippen MR) is 111 cm³/mol. The SMILES string of the molecule is CCCCC1(c2ccccc2)NC(=O)N(CC(=O)Nc2ccc(Br)cc2)C1=O. The summed E-state index contributed by atoms with van der Waals surface area (Å²) in [5, 5.41) is 5.56. The molecule has 4 amide bonds. The molecule has 146 valence electrons. The Morgan fingerprint density at radius 1 is 1.11 bits per heavy atom. The third-order valence-electron chi connectivity index (χ3n) is 4.78. The predicted octanol–water partition coefficient (Wildman–Crippen LogP) is 4.03. The molecule has 3 rings (SSSR count). The van der Waals surface area contributed by atoms with E-state index < -0.39 is 17.5 Å². The van der Waals surface area contributed by atoms with Crippen molar-refractivity contribution in [3.63, 3.8) is 0 Å². The molecular formula is C21H22BrN3O3. The van der Waals surface area contributed by atoms with Crippen LogP contribution >= 0.6 is 15.9 Å². The zero-order valence-electron chi connectivity index (χ0n) is 15.6. The van der Waals surface area contributed by atoms with Crippen molar-refractivity contribution < 1.29 is 14.4 Å². The first-order chi connectivity index (χ1) is 13.5. The smallest absolute Gasteiger partial charge is 0.325 e. The Hall–Kier alpha value is -2.67. The highest BCUT2D eigenvalue weighted by atomic mass is 79.9. The summed E-state index contributed by atoms with van der Waals surface area (Å²) in [6.07, 6.45) is 2.16. The van der Waals surface area contributed by atoms with Gasteiger partial charge in [0.2, 0.25) is 5.91 Å². The number of halogens is 1. The molecule has 2 aromatic carbocycles. The molecule has 2 aromatic rings. The molecule has 1 atom stereocenters. The van der Waals surface area contributed by atoms with Gasteiger partial charge in [-0.3, -0.25) is 14.5 Å². The first-order valence-electron chi connectivity index (χ1n) is 9.21. The van der Waals surface area contributed by atoms with Gasteiger partial charge >= 0.3 is 6.03 Å². The fourth-order valence-electron chi connectivity index (χ4n) is 3.32. The number of amides is 4. The van der Waals surface area contributed by atoms with Crippen LogP contribution in [0, 0.1) is 0 Å². The Morgan fingerprint density at radius 3 is 2.43 bits per heavy atom. The molecule has 0 saturated carbocycles. The molecule has 1 aliphatic rings. The maximum Gasteiger partial charge on any atom is 0.325 e. The van der Waals surface area contributed by atoms with Crippen molar-refractivity contribution in [2.75, 3.05) is 11.9 Å². The molecule has 1 aliphatic heterocycles. The van der Waals surface area contributed by atoms with Crippen LogP contribution in [0.15, 0.2) is 59.1 Å². The van der Waals surface area contributed by atoms with E-state index in [1.165, 1.54) is 0 Å². The van der Waals surface area contributed by atoms with Crippen LogP contribution in [0.2, 0.25) is 0 Å². The summed E-state index contributed by atoms with van der Waals surface area (Å²) >= 11 is 3.34. The number of carbonyl (C=O) groups excluding carboxylic acids is 3. The van der Waals surface area contributed by atoms with Gasteiger partial charge in [0, 0.05) is 10.2 Å². The van der Waals surface area contributed by atoms with Crippen LogP contribution in [-0.2, 0) is 15.1 Å². The van der Waals surface area contributed by atoms with E-state index in [0.29, 0.717) is 12.1 Å². The van der Waals surface area contributed by atoms with E-state index >= 15 is 0 Å². The summed E-state index contributed by atoms with van der Waals surface area (Å²) in [4.78, 5) is 39.2. The summed E-state index contributed by atoms with van der Waals surface area (Å²) < 4.78 is 0.892. The quantitative estimate of drug-likeness (QED) is 0.634. The molecule has 0 spiro atoms. The van der Waals surface area contributed by atoms with E-state index in [0.717, 1.165) is 27.8 Å². The van der Waals surface area contributed by atoms with Crippen LogP contribution in [-0.4, -0.2) is 29.3 Å². The number of rotatable bonds is 7. The minimum absolute atomic E-state index is 0.332. The van der Waals surface area contributed by atoms with Crippen molar-refractivity contribution in [1.82, 2.24) is 10.2 Å². The number of carbonyl (C=O) groups is 3. The highest BCUT2D eigenvalue weighted by molar-refractivity contribution is 9.10. The maximum atomic E-state index is 13.2. The topological polar surface area (TPSA) is 78.5 Å². The second kappa shape index (κ2) is 8.56. The number of benzene rings is 2. The van der Waals surface area contributed by atoms with Gasteiger partial charge in [-0.1, -0.05) is 66.0 Å². The minimum Gasteiger partial charge on any atom is -0.325 e. The number of nitrogens with zero attached hydrogens (tertiary/aromatic N) is 1. The van der Waals surface area contributed by atoms with E-state index in [-0.39, 0.29) is 12.5 Å². The number of hydrogen-bond donors (Lipinski definition) is 2. The summed E-state index contributed by atoms with van der Waals surface area (Å²) in [7, 11) is 0. The van der Waals surface area contributed by atoms with Gasteiger partial charge in [-0.15, -0.1) is 0 Å². The molecule has 0 aromatic heterocycles. The standard InChI is InChI=1S/C21H22BrN3O3/c1-2-3-13-21(15-7-5-4-6-8-15)19(27)25(20(28)24-21)14-18(26)23-17-11-9-16(22)10-12-17/h4-12H,2-3,13-14H2,1H3,(H,23,26)(H,24,28). The fraction of sp³-hybridized carbons (Fsp3) is 0.286. The summed E-state index contributed by atoms with van der Waals surface area (Å²) in [6.45, 7) is 1.70. The minimum atomic E-state index is -1.12. The first-order valence-corrected chi connectivity index (χ1v) is 10.0. The first kappa shape index (κ1) is 20.1. The van der Waals surface area contributed by atoms with Crippen molar-refractivity contribution in [2.24, 2.45) is 0 Å². The van der Waals surface area contributed by atoms with Gasteiger partial charge in [-0.2, -0.15) is 0 Å². The molecule has 0 aliphatic carbocycles. The monoisotopic (exact) mass is 443 g/mol. The average Bonchev–Trinajstić information content (AvgIpc) is 2.94. The molecule has 1 saturated heterocycles. The van der Waals surface area contributed by atoms with Gasteiger partial charge in [0.05, 0.1) is 0 Å². The summed E-state index contributed by atoms with van der Waals surface area (Å²) in [6, 6.07) is 15.7. The zero-order chi connectivity index (χ0) is 20.1. The second-order valence-corrected chi connectivity index (χ2v) is 7.67. The van der Waals surface area contributed by atoms with Gasteiger partial charge < -0.3 is 10.6 Å². The van der Waals surface area contributed by atoms with E-state index in [1.807, 2.05) is 37.3 Å². The van der Waals surface area contributed by atoms with Crippen LogP contribution in [0.4, 0.5) is 10.5 Å². The lowest BCUT2D eigenvalue weighted by Gasteiger charge is -2.27. The van der Waals surface area contributed by atoms with Gasteiger partial charge in [-0.25, -0.2) is 4.79 Å². The number of imide groups is 1. The Labute approximate surface area is 172 Å². The van der Waals surface area contributed by atoms with E-state index in [1.54, 1.807) is 24.3 Å². The van der Waals surface area contributed by atoms with Crippen molar-refractivity contribution in [3.05, 3.63) is 64.6 Å². The number of urea groups is 1. The number of anilines is 1. The number of hydrogen-bond acceptors (Lipinski definition) is 3. The average molecular weight is 444 g/mol. The second-order valence-electron chi connectivity index (χ2n) is 6.75. The largest absolute Gasteiger partial charge is 0.325 e. The van der Waals surface area contributed by atoms with Gasteiger partial charge in [0.25, 0.3) is 5.91 Å². The van der Waals surface area contributed by atoms with Crippen LogP contribution in [0.5, 0.6) is 0 Å². The van der Waals surface area contributed by atoms with Crippen molar-refractivity contribution in [2.45, 2.75) is 31.7 Å². The molecule has 28 heavy (non-hydrogen) atoms. The molecule has 1 unspecified atom stereocenters. The van der Waals surface area contributed by atoms with Crippen LogP contribution < -0.4 is 10.6 Å². The van der Waals surface area contributed by atoms with Crippen LogP contribution in [0.25, 0.3) is 0 Å². The maximum absolute atomic E-state index is 13.2. The molecule has 1 fully saturated rings. The number of unbranched alkanes of at least 4 members (excludes halogenated alkanes) is 1. The van der Waals surface area contributed by atoms with Crippen LogP contribution in [0.3, 0.4) is 0 Å². The molecule has 0 radical (unpaired) electrons. The number of nitrogens with one attached hydrogen (secondary N) is 2. The zero-order valence-corrected chi connectivity index (χ0v) is 17.2. The molecular weight excluding hydrogens is 422 g/mol. The highest BCUT2D eigenvalue weighted by Gasteiger charge is 2.52. The Balaban J connectivity index is 1.79. The van der Waals surface area contributed by atoms with E-state index in [2.05, 4.69) is 26.6 Å². The van der Waals surface area contributed by atoms with Crippen molar-refractivity contribution >= 4 is 39.5 Å². The fourth-order valence-corrected chi connectivity index (χ4v) is 3.59. The lowest BCUT2D eigenvalue weighted by Crippen LogP contribution is -2.44. The molecule has 0 bridgehead atoms. The lowest BCUT2D eigenvalue weighted by atomic mass is 9.85. The highest BCUT2D eigenvalue weighted by Crippen LogP contribution is 2.34. The Kier molecular flexibility index (Phi) is 6.14. The van der Waals surface area contributed by atoms with Gasteiger partial charge in [0.1, 0.15) is 12.1 Å². The van der Waals surface area contributed by atoms with Crippen molar-refractivity contribution in [1.29, 1.82) is 0 Å². The lowest BCUT2D eigenvalue weighted by molar-refractivity contribution is -0.134. The Bertz CT molecular complexity index is 870. The van der Waals surface area contributed by atoms with E-state index in [4.69, 9.17) is 0 Å². The molecule has 2 N–H and O–H groups in total.